The molecule has 0 saturated heterocycles. The zero-order valence-corrected chi connectivity index (χ0v) is 7.14. The Bertz CT molecular complexity index is 301. The molecule has 13 heavy (non-hydrogen) atoms. The van der Waals surface area contributed by atoms with Gasteiger partial charge in [-0.3, -0.25) is 0 Å². The van der Waals surface area contributed by atoms with Crippen LogP contribution in [0.25, 0.3) is 0 Å². The molecule has 0 aromatic carbocycles. The number of rotatable bonds is 2. The molecule has 1 aromatic rings. The Labute approximate surface area is 75.6 Å². The zero-order chi connectivity index (χ0) is 9.42. The van der Waals surface area contributed by atoms with Crippen LogP contribution in [0.1, 0.15) is 24.7 Å². The molecular formula is C7H12N6. The average molecular weight is 180 g/mol. The van der Waals surface area contributed by atoms with Crippen molar-refractivity contribution in [1.82, 2.24) is 15.0 Å². The summed E-state index contributed by atoms with van der Waals surface area (Å²) in [6.07, 6.45) is 2.26. The van der Waals surface area contributed by atoms with E-state index in [0.29, 0.717) is 11.7 Å². The minimum absolute atomic E-state index is 0.138. The molecule has 6 nitrogen and oxygen atoms in total. The summed E-state index contributed by atoms with van der Waals surface area (Å²) in [6, 6.07) is -0.146. The molecule has 1 unspecified atom stereocenters. The van der Waals surface area contributed by atoms with Crippen molar-refractivity contribution in [2.45, 2.75) is 18.9 Å². The van der Waals surface area contributed by atoms with E-state index in [1.807, 2.05) is 0 Å². The summed E-state index contributed by atoms with van der Waals surface area (Å²) in [5.41, 5.74) is 16.7. The highest BCUT2D eigenvalue weighted by Gasteiger charge is 2.31. The van der Waals surface area contributed by atoms with E-state index in [4.69, 9.17) is 17.2 Å². The van der Waals surface area contributed by atoms with Gasteiger partial charge in [-0.15, -0.1) is 0 Å². The second-order valence-electron chi connectivity index (χ2n) is 3.27. The van der Waals surface area contributed by atoms with Crippen LogP contribution in [-0.4, -0.2) is 15.0 Å². The quantitative estimate of drug-likeness (QED) is 0.562. The van der Waals surface area contributed by atoms with Crippen molar-refractivity contribution >= 4 is 11.9 Å². The first-order valence-corrected chi connectivity index (χ1v) is 4.19. The van der Waals surface area contributed by atoms with Crippen molar-refractivity contribution in [3.63, 3.8) is 0 Å². The lowest BCUT2D eigenvalue weighted by atomic mass is 10.2. The van der Waals surface area contributed by atoms with Gasteiger partial charge >= 0.3 is 0 Å². The number of aromatic nitrogens is 3. The largest absolute Gasteiger partial charge is 0.368 e. The molecule has 1 aliphatic rings. The average Bonchev–Trinajstić information content (AvgIpc) is 2.83. The van der Waals surface area contributed by atoms with Gasteiger partial charge in [-0.2, -0.15) is 15.0 Å². The van der Waals surface area contributed by atoms with E-state index in [0.717, 1.165) is 12.8 Å². The monoisotopic (exact) mass is 180 g/mol. The summed E-state index contributed by atoms with van der Waals surface area (Å²) in [6.45, 7) is 0. The molecule has 2 rings (SSSR count). The zero-order valence-electron chi connectivity index (χ0n) is 7.14. The van der Waals surface area contributed by atoms with Crippen LogP contribution in [0.15, 0.2) is 0 Å². The normalized spacial score (nSPS) is 18.5. The van der Waals surface area contributed by atoms with Gasteiger partial charge in [0.05, 0.1) is 6.04 Å². The minimum atomic E-state index is -0.146. The lowest BCUT2D eigenvalue weighted by Gasteiger charge is -2.08. The highest BCUT2D eigenvalue weighted by Crippen LogP contribution is 2.38. The minimum Gasteiger partial charge on any atom is -0.368 e. The Hall–Kier alpha value is -1.43. The smallest absolute Gasteiger partial charge is 0.225 e. The van der Waals surface area contributed by atoms with Crippen molar-refractivity contribution in [2.24, 2.45) is 11.7 Å². The molecule has 1 atom stereocenters. The van der Waals surface area contributed by atoms with Gasteiger partial charge in [-0.1, -0.05) is 0 Å². The van der Waals surface area contributed by atoms with Gasteiger partial charge in [0.1, 0.15) is 0 Å². The maximum absolute atomic E-state index is 5.87. The van der Waals surface area contributed by atoms with Gasteiger partial charge in [0, 0.05) is 0 Å². The highest BCUT2D eigenvalue weighted by atomic mass is 15.1. The van der Waals surface area contributed by atoms with Gasteiger partial charge in [-0.25, -0.2) is 0 Å². The Morgan fingerprint density at radius 1 is 1.08 bits per heavy atom. The van der Waals surface area contributed by atoms with E-state index in [1.54, 1.807) is 0 Å². The molecular weight excluding hydrogens is 168 g/mol. The lowest BCUT2D eigenvalue weighted by Crippen LogP contribution is -2.18. The van der Waals surface area contributed by atoms with Gasteiger partial charge in [-0.05, 0) is 18.8 Å². The molecule has 1 aromatic heterocycles. The molecule has 1 heterocycles. The van der Waals surface area contributed by atoms with E-state index >= 15 is 0 Å². The summed E-state index contributed by atoms with van der Waals surface area (Å²) in [7, 11) is 0. The summed E-state index contributed by atoms with van der Waals surface area (Å²) in [5.74, 6) is 1.27. The van der Waals surface area contributed by atoms with Crippen LogP contribution in [0.2, 0.25) is 0 Å². The van der Waals surface area contributed by atoms with Gasteiger partial charge < -0.3 is 17.2 Å². The molecule has 1 aliphatic carbocycles. The number of nitrogens with two attached hydrogens (primary N) is 3. The molecule has 70 valence electrons. The van der Waals surface area contributed by atoms with E-state index in [2.05, 4.69) is 15.0 Å². The van der Waals surface area contributed by atoms with Crippen molar-refractivity contribution in [3.8, 4) is 0 Å². The van der Waals surface area contributed by atoms with Crippen LogP contribution in [0.4, 0.5) is 11.9 Å². The van der Waals surface area contributed by atoms with Crippen LogP contribution in [0.3, 0.4) is 0 Å². The first kappa shape index (κ1) is 8.18. The van der Waals surface area contributed by atoms with Crippen molar-refractivity contribution in [2.75, 3.05) is 11.5 Å². The first-order chi connectivity index (χ1) is 6.16. The Kier molecular flexibility index (Phi) is 1.77. The molecule has 6 heteroatoms. The molecule has 1 fully saturated rings. The summed E-state index contributed by atoms with van der Waals surface area (Å²) < 4.78 is 0. The second kappa shape index (κ2) is 2.81. The van der Waals surface area contributed by atoms with Crippen molar-refractivity contribution in [1.29, 1.82) is 0 Å². The van der Waals surface area contributed by atoms with Gasteiger partial charge in [0.15, 0.2) is 5.82 Å². The maximum atomic E-state index is 5.87. The third-order valence-electron chi connectivity index (χ3n) is 2.12. The molecule has 6 N–H and O–H groups in total. The first-order valence-electron chi connectivity index (χ1n) is 4.19. The van der Waals surface area contributed by atoms with Crippen LogP contribution in [0.5, 0.6) is 0 Å². The fraction of sp³-hybridized carbons (Fsp3) is 0.571. The fourth-order valence-corrected chi connectivity index (χ4v) is 1.24. The van der Waals surface area contributed by atoms with E-state index in [1.165, 1.54) is 0 Å². The summed E-state index contributed by atoms with van der Waals surface area (Å²) in [4.78, 5) is 11.6. The molecule has 0 aliphatic heterocycles. The number of nitrogens with zero attached hydrogens (tertiary/aromatic N) is 3. The standard InChI is InChI=1S/C7H12N6/c8-4(3-1-2-3)5-11-6(9)13-7(10)12-5/h3-4H,1-2,8H2,(H4,9,10,11,12,13). The van der Waals surface area contributed by atoms with Crippen LogP contribution in [-0.2, 0) is 0 Å². The SMILES string of the molecule is Nc1nc(N)nc(C(N)C2CC2)n1. The Morgan fingerprint density at radius 2 is 1.62 bits per heavy atom. The lowest BCUT2D eigenvalue weighted by molar-refractivity contribution is 0.592. The van der Waals surface area contributed by atoms with Crippen molar-refractivity contribution in [3.05, 3.63) is 5.82 Å². The number of hydrogen-bond acceptors (Lipinski definition) is 6. The van der Waals surface area contributed by atoms with Gasteiger partial charge in [0.2, 0.25) is 11.9 Å². The highest BCUT2D eigenvalue weighted by molar-refractivity contribution is 5.27. The third kappa shape index (κ3) is 1.67. The third-order valence-corrected chi connectivity index (χ3v) is 2.12. The molecule has 0 radical (unpaired) electrons. The van der Waals surface area contributed by atoms with Crippen LogP contribution in [0, 0.1) is 5.92 Å². The van der Waals surface area contributed by atoms with E-state index in [-0.39, 0.29) is 17.9 Å². The topological polar surface area (TPSA) is 117 Å². The maximum Gasteiger partial charge on any atom is 0.225 e. The Balaban J connectivity index is 2.27. The predicted octanol–water partition coefficient (Wildman–Crippen LogP) is -0.554. The molecule has 0 spiro atoms. The number of nitrogen functional groups attached to an aromatic ring is 2. The van der Waals surface area contributed by atoms with Crippen LogP contribution >= 0.6 is 0 Å². The Morgan fingerprint density at radius 3 is 2.08 bits per heavy atom. The second-order valence-corrected chi connectivity index (χ2v) is 3.27. The van der Waals surface area contributed by atoms with Crippen molar-refractivity contribution < 1.29 is 0 Å². The molecule has 0 bridgehead atoms. The van der Waals surface area contributed by atoms with Crippen LogP contribution < -0.4 is 17.2 Å². The number of hydrogen-bond donors (Lipinski definition) is 3. The molecule has 1 saturated carbocycles. The summed E-state index contributed by atoms with van der Waals surface area (Å²) in [5, 5.41) is 0. The summed E-state index contributed by atoms with van der Waals surface area (Å²) >= 11 is 0. The number of anilines is 2. The fourth-order valence-electron chi connectivity index (χ4n) is 1.24. The van der Waals surface area contributed by atoms with E-state index in [9.17, 15) is 0 Å². The van der Waals surface area contributed by atoms with E-state index < -0.39 is 0 Å². The molecule has 0 amide bonds. The predicted molar refractivity (Wildman–Crippen MR) is 48.3 cm³/mol. The van der Waals surface area contributed by atoms with Gasteiger partial charge in [0.25, 0.3) is 0 Å².